The lowest BCUT2D eigenvalue weighted by atomic mass is 9.59. The van der Waals surface area contributed by atoms with Crippen LogP contribution >= 0.6 is 0 Å². The van der Waals surface area contributed by atoms with Crippen LogP contribution in [0.3, 0.4) is 0 Å². The summed E-state index contributed by atoms with van der Waals surface area (Å²) < 4.78 is 5.47. The average Bonchev–Trinajstić information content (AvgIpc) is 2.67. The molecule has 4 heteroatoms. The molecule has 1 heterocycles. The van der Waals surface area contributed by atoms with E-state index in [0.717, 1.165) is 24.0 Å². The van der Waals surface area contributed by atoms with Gasteiger partial charge in [-0.1, -0.05) is 13.5 Å². The van der Waals surface area contributed by atoms with Gasteiger partial charge in [-0.25, -0.2) is 4.79 Å². The molecular weight excluding hydrogens is 244 g/mol. The fourth-order valence-corrected chi connectivity index (χ4v) is 3.99. The van der Waals surface area contributed by atoms with Gasteiger partial charge in [0, 0.05) is 16.9 Å². The van der Waals surface area contributed by atoms with E-state index in [2.05, 4.69) is 6.58 Å². The number of hydrogen-bond donors (Lipinski definition) is 2. The minimum absolute atomic E-state index is 0.0161. The standard InChI is InChI=1S/C15H20O4/c1-8-10-5-6-15(2)11(17)4-3-9(7-16)12(15)13(10)19-14(8)18/h10-11,13,16-17H,1,3-7H2,2H3/t10-,11-,13-,15-/m0/s1. The van der Waals surface area contributed by atoms with Crippen LogP contribution in [-0.2, 0) is 9.53 Å². The summed E-state index contributed by atoms with van der Waals surface area (Å²) in [6.45, 7) is 5.83. The first-order chi connectivity index (χ1) is 8.99. The van der Waals surface area contributed by atoms with Gasteiger partial charge in [0.2, 0.25) is 0 Å². The second-order valence-corrected chi connectivity index (χ2v) is 6.14. The number of carbonyl (C=O) groups excluding carboxylic acids is 1. The molecule has 2 aliphatic carbocycles. The van der Waals surface area contributed by atoms with E-state index >= 15 is 0 Å². The number of rotatable bonds is 1. The quantitative estimate of drug-likeness (QED) is 0.426. The van der Waals surface area contributed by atoms with Crippen LogP contribution in [-0.4, -0.2) is 35.0 Å². The summed E-state index contributed by atoms with van der Waals surface area (Å²) in [5, 5.41) is 19.9. The molecule has 0 bridgehead atoms. The molecule has 104 valence electrons. The van der Waals surface area contributed by atoms with E-state index in [1.807, 2.05) is 6.92 Å². The zero-order valence-corrected chi connectivity index (χ0v) is 11.2. The first-order valence-corrected chi connectivity index (χ1v) is 6.90. The van der Waals surface area contributed by atoms with E-state index in [4.69, 9.17) is 4.74 Å². The lowest BCUT2D eigenvalue weighted by Gasteiger charge is -2.48. The highest BCUT2D eigenvalue weighted by molar-refractivity contribution is 5.91. The predicted octanol–water partition coefficient (Wildman–Crippen LogP) is 1.33. The fraction of sp³-hybridized carbons (Fsp3) is 0.667. The number of aliphatic hydroxyl groups is 2. The van der Waals surface area contributed by atoms with Crippen LogP contribution in [0.5, 0.6) is 0 Å². The number of esters is 1. The first-order valence-electron chi connectivity index (χ1n) is 6.90. The summed E-state index contributed by atoms with van der Waals surface area (Å²) in [5.41, 5.74) is 2.06. The van der Waals surface area contributed by atoms with Crippen LogP contribution < -0.4 is 0 Å². The van der Waals surface area contributed by atoms with Gasteiger partial charge in [-0.2, -0.15) is 0 Å². The summed E-state index contributed by atoms with van der Waals surface area (Å²) in [6, 6.07) is 0. The van der Waals surface area contributed by atoms with Crippen LogP contribution in [0.2, 0.25) is 0 Å². The maximum absolute atomic E-state index is 11.7. The molecule has 0 amide bonds. The Morgan fingerprint density at radius 1 is 1.47 bits per heavy atom. The molecule has 1 aliphatic heterocycles. The summed E-state index contributed by atoms with van der Waals surface area (Å²) in [6.07, 6.45) is 2.22. The molecule has 1 saturated carbocycles. The Morgan fingerprint density at radius 2 is 2.21 bits per heavy atom. The Bertz CT molecular complexity index is 479. The van der Waals surface area contributed by atoms with Gasteiger partial charge in [0.05, 0.1) is 12.7 Å². The second-order valence-electron chi connectivity index (χ2n) is 6.14. The van der Waals surface area contributed by atoms with Gasteiger partial charge in [-0.3, -0.25) is 0 Å². The molecular formula is C15H20O4. The Balaban J connectivity index is 2.10. The van der Waals surface area contributed by atoms with Crippen LogP contribution in [0, 0.1) is 11.3 Å². The highest BCUT2D eigenvalue weighted by atomic mass is 16.6. The van der Waals surface area contributed by atoms with Crippen LogP contribution in [0.15, 0.2) is 23.3 Å². The second kappa shape index (κ2) is 4.18. The molecule has 2 N–H and O–H groups in total. The predicted molar refractivity (Wildman–Crippen MR) is 69.2 cm³/mol. The molecule has 2 fully saturated rings. The van der Waals surface area contributed by atoms with Crippen LogP contribution in [0.25, 0.3) is 0 Å². The lowest BCUT2D eigenvalue weighted by Crippen LogP contribution is -2.47. The first kappa shape index (κ1) is 12.9. The van der Waals surface area contributed by atoms with Gasteiger partial charge < -0.3 is 14.9 Å². The van der Waals surface area contributed by atoms with Crippen molar-refractivity contribution in [3.05, 3.63) is 23.3 Å². The van der Waals surface area contributed by atoms with Crippen molar-refractivity contribution in [1.82, 2.24) is 0 Å². The molecule has 0 radical (unpaired) electrons. The largest absolute Gasteiger partial charge is 0.454 e. The number of aliphatic hydroxyl groups excluding tert-OH is 2. The Labute approximate surface area is 112 Å². The van der Waals surface area contributed by atoms with Crippen molar-refractivity contribution >= 4 is 5.97 Å². The minimum atomic E-state index is -0.425. The van der Waals surface area contributed by atoms with Crippen molar-refractivity contribution in [2.24, 2.45) is 11.3 Å². The molecule has 19 heavy (non-hydrogen) atoms. The molecule has 0 aromatic heterocycles. The molecule has 0 spiro atoms. The molecule has 3 aliphatic rings. The van der Waals surface area contributed by atoms with Crippen molar-refractivity contribution in [2.75, 3.05) is 6.61 Å². The van der Waals surface area contributed by atoms with Crippen LogP contribution in [0.1, 0.15) is 32.6 Å². The number of fused-ring (bicyclic) bond motifs is 3. The Morgan fingerprint density at radius 3 is 2.89 bits per heavy atom. The van der Waals surface area contributed by atoms with E-state index in [1.54, 1.807) is 0 Å². The third-order valence-corrected chi connectivity index (χ3v) is 5.21. The molecule has 4 atom stereocenters. The highest BCUT2D eigenvalue weighted by Gasteiger charge is 2.54. The zero-order valence-electron chi connectivity index (χ0n) is 11.2. The smallest absolute Gasteiger partial charge is 0.334 e. The van der Waals surface area contributed by atoms with Gasteiger partial charge in [0.1, 0.15) is 6.10 Å². The average molecular weight is 264 g/mol. The maximum Gasteiger partial charge on any atom is 0.334 e. The van der Waals surface area contributed by atoms with Crippen molar-refractivity contribution in [3.63, 3.8) is 0 Å². The third kappa shape index (κ3) is 1.63. The van der Waals surface area contributed by atoms with Gasteiger partial charge >= 0.3 is 5.97 Å². The van der Waals surface area contributed by atoms with Crippen molar-refractivity contribution in [1.29, 1.82) is 0 Å². The van der Waals surface area contributed by atoms with E-state index in [9.17, 15) is 15.0 Å². The maximum atomic E-state index is 11.7. The zero-order chi connectivity index (χ0) is 13.8. The summed E-state index contributed by atoms with van der Waals surface area (Å²) in [4.78, 5) is 11.7. The SMILES string of the molecule is C=C1C(=O)O[C@@H]2C3=C(CO)CC[C@H](O)[C@]3(C)CC[C@@H]12. The summed E-state index contributed by atoms with van der Waals surface area (Å²) >= 11 is 0. The lowest BCUT2D eigenvalue weighted by molar-refractivity contribution is -0.139. The molecule has 0 aromatic carbocycles. The number of ether oxygens (including phenoxy) is 1. The molecule has 0 unspecified atom stereocenters. The molecule has 4 nitrogen and oxygen atoms in total. The monoisotopic (exact) mass is 264 g/mol. The van der Waals surface area contributed by atoms with E-state index in [-0.39, 0.29) is 30.0 Å². The van der Waals surface area contributed by atoms with Gasteiger partial charge in [0.25, 0.3) is 0 Å². The Kier molecular flexibility index (Phi) is 2.84. The summed E-state index contributed by atoms with van der Waals surface area (Å²) in [5.74, 6) is -0.313. The fourth-order valence-electron chi connectivity index (χ4n) is 3.99. The Hall–Kier alpha value is -1.13. The van der Waals surface area contributed by atoms with Crippen molar-refractivity contribution < 1.29 is 19.7 Å². The van der Waals surface area contributed by atoms with Crippen molar-refractivity contribution in [3.8, 4) is 0 Å². The summed E-state index contributed by atoms with van der Waals surface area (Å²) in [7, 11) is 0. The minimum Gasteiger partial charge on any atom is -0.454 e. The molecule has 0 aromatic rings. The van der Waals surface area contributed by atoms with Gasteiger partial charge in [-0.15, -0.1) is 0 Å². The normalized spacial score (nSPS) is 41.9. The molecule has 1 saturated heterocycles. The number of hydrogen-bond acceptors (Lipinski definition) is 4. The van der Waals surface area contributed by atoms with E-state index in [1.165, 1.54) is 0 Å². The molecule has 3 rings (SSSR count). The third-order valence-electron chi connectivity index (χ3n) is 5.21. The number of carbonyl (C=O) groups is 1. The topological polar surface area (TPSA) is 66.8 Å². The van der Waals surface area contributed by atoms with Crippen LogP contribution in [0.4, 0.5) is 0 Å². The van der Waals surface area contributed by atoms with Crippen molar-refractivity contribution in [2.45, 2.75) is 44.8 Å². The van der Waals surface area contributed by atoms with E-state index in [0.29, 0.717) is 18.4 Å². The van der Waals surface area contributed by atoms with Gasteiger partial charge in [0.15, 0.2) is 0 Å². The van der Waals surface area contributed by atoms with Gasteiger partial charge in [-0.05, 0) is 36.8 Å². The van der Waals surface area contributed by atoms with E-state index < -0.39 is 6.10 Å². The highest BCUT2D eigenvalue weighted by Crippen LogP contribution is 2.55.